The van der Waals surface area contributed by atoms with Crippen molar-refractivity contribution in [2.75, 3.05) is 37.6 Å². The Labute approximate surface area is 140 Å². The van der Waals surface area contributed by atoms with E-state index < -0.39 is 5.54 Å². The van der Waals surface area contributed by atoms with Gasteiger partial charge >= 0.3 is 0 Å². The van der Waals surface area contributed by atoms with E-state index in [2.05, 4.69) is 10.2 Å². The molecule has 7 heteroatoms. The van der Waals surface area contributed by atoms with E-state index in [1.54, 1.807) is 12.1 Å². The van der Waals surface area contributed by atoms with Gasteiger partial charge in [0.05, 0.1) is 5.54 Å². The number of carbonyl (C=O) groups is 2. The third-order valence-corrected chi connectivity index (χ3v) is 4.69. The largest absolute Gasteiger partial charge is 0.368 e. The van der Waals surface area contributed by atoms with Crippen LogP contribution in [0.2, 0.25) is 0 Å². The van der Waals surface area contributed by atoms with Crippen LogP contribution >= 0.6 is 0 Å². The van der Waals surface area contributed by atoms with Crippen molar-refractivity contribution in [3.63, 3.8) is 0 Å². The van der Waals surface area contributed by atoms with Crippen LogP contribution in [0.1, 0.15) is 19.3 Å². The molecule has 1 saturated carbocycles. The second-order valence-corrected chi connectivity index (χ2v) is 6.51. The van der Waals surface area contributed by atoms with E-state index in [1.165, 1.54) is 12.1 Å². The van der Waals surface area contributed by atoms with E-state index in [1.807, 2.05) is 4.90 Å². The molecule has 1 aliphatic heterocycles. The monoisotopic (exact) mass is 334 g/mol. The van der Waals surface area contributed by atoms with Crippen LogP contribution in [0.25, 0.3) is 0 Å². The molecule has 0 radical (unpaired) electrons. The Kier molecular flexibility index (Phi) is 4.71. The summed E-state index contributed by atoms with van der Waals surface area (Å²) >= 11 is 0. The maximum Gasteiger partial charge on any atom is 0.240 e. The summed E-state index contributed by atoms with van der Waals surface area (Å²) in [7, 11) is 0. The lowest BCUT2D eigenvalue weighted by Gasteiger charge is -2.36. The molecule has 0 atom stereocenters. The fraction of sp³-hybridized carbons (Fsp3) is 0.529. The molecule has 130 valence electrons. The minimum absolute atomic E-state index is 0.0379. The van der Waals surface area contributed by atoms with Crippen LogP contribution < -0.4 is 16.0 Å². The minimum atomic E-state index is -0.691. The summed E-state index contributed by atoms with van der Waals surface area (Å²) in [6.45, 7) is 3.02. The summed E-state index contributed by atoms with van der Waals surface area (Å²) in [6, 6.07) is 6.39. The number of benzene rings is 1. The molecule has 0 spiro atoms. The molecular weight excluding hydrogens is 311 g/mol. The zero-order valence-corrected chi connectivity index (χ0v) is 13.6. The van der Waals surface area contributed by atoms with Gasteiger partial charge in [-0.25, -0.2) is 4.39 Å². The smallest absolute Gasteiger partial charge is 0.240 e. The number of nitrogens with one attached hydrogen (secondary N) is 1. The zero-order chi connectivity index (χ0) is 17.2. The molecule has 1 aromatic rings. The molecule has 1 saturated heterocycles. The lowest BCUT2D eigenvalue weighted by molar-refractivity contribution is -0.131. The number of anilines is 1. The maximum absolute atomic E-state index is 13.0. The zero-order valence-electron chi connectivity index (χ0n) is 13.6. The minimum Gasteiger partial charge on any atom is -0.368 e. The van der Waals surface area contributed by atoms with Crippen LogP contribution in [0.5, 0.6) is 0 Å². The molecule has 0 unspecified atom stereocenters. The Hall–Kier alpha value is -2.15. The first-order chi connectivity index (χ1) is 11.5. The molecule has 0 bridgehead atoms. The first kappa shape index (κ1) is 16.7. The molecule has 6 nitrogen and oxygen atoms in total. The molecule has 2 aliphatic rings. The van der Waals surface area contributed by atoms with Gasteiger partial charge in [0.1, 0.15) is 5.82 Å². The Morgan fingerprint density at radius 2 is 1.75 bits per heavy atom. The molecule has 1 aliphatic carbocycles. The van der Waals surface area contributed by atoms with Crippen molar-refractivity contribution in [2.24, 2.45) is 5.73 Å². The van der Waals surface area contributed by atoms with E-state index in [-0.39, 0.29) is 17.6 Å². The van der Waals surface area contributed by atoms with Gasteiger partial charge in [-0.05, 0) is 37.1 Å². The van der Waals surface area contributed by atoms with Crippen LogP contribution in [-0.2, 0) is 9.59 Å². The molecule has 1 heterocycles. The number of amides is 2. The van der Waals surface area contributed by atoms with Gasteiger partial charge in [0.25, 0.3) is 0 Å². The highest BCUT2D eigenvalue weighted by Gasteiger charge is 2.45. The molecule has 1 aromatic carbocycles. The lowest BCUT2D eigenvalue weighted by Crippen LogP contribution is -2.49. The molecule has 2 amide bonds. The Morgan fingerprint density at radius 3 is 2.33 bits per heavy atom. The summed E-state index contributed by atoms with van der Waals surface area (Å²) in [5, 5.41) is 2.74. The van der Waals surface area contributed by atoms with E-state index in [0.717, 1.165) is 31.6 Å². The Morgan fingerprint density at radius 1 is 1.12 bits per heavy atom. The van der Waals surface area contributed by atoms with Gasteiger partial charge in [0.2, 0.25) is 11.8 Å². The SMILES string of the molecule is NC1(C(=O)NCCC(=O)N2CCN(c3ccc(F)cc3)CC2)CC1. The molecule has 3 rings (SSSR count). The number of hydrogen-bond donors (Lipinski definition) is 2. The van der Waals surface area contributed by atoms with Crippen molar-refractivity contribution < 1.29 is 14.0 Å². The van der Waals surface area contributed by atoms with Crippen molar-refractivity contribution >= 4 is 17.5 Å². The van der Waals surface area contributed by atoms with Crippen molar-refractivity contribution in [3.05, 3.63) is 30.1 Å². The van der Waals surface area contributed by atoms with Crippen LogP contribution in [0.4, 0.5) is 10.1 Å². The first-order valence-corrected chi connectivity index (χ1v) is 8.33. The quantitative estimate of drug-likeness (QED) is 0.821. The van der Waals surface area contributed by atoms with Crippen LogP contribution in [0.3, 0.4) is 0 Å². The maximum atomic E-state index is 13.0. The van der Waals surface area contributed by atoms with Gasteiger partial charge in [0.15, 0.2) is 0 Å². The first-order valence-electron chi connectivity index (χ1n) is 8.33. The van der Waals surface area contributed by atoms with Gasteiger partial charge in [-0.15, -0.1) is 0 Å². The Bertz CT molecular complexity index is 608. The van der Waals surface area contributed by atoms with Gasteiger partial charge in [-0.3, -0.25) is 9.59 Å². The predicted octanol–water partition coefficient (Wildman–Crippen LogP) is 0.472. The molecule has 3 N–H and O–H groups in total. The Balaban J connectivity index is 1.40. The van der Waals surface area contributed by atoms with Gasteiger partial charge < -0.3 is 20.9 Å². The third kappa shape index (κ3) is 3.84. The highest BCUT2D eigenvalue weighted by molar-refractivity contribution is 5.89. The number of hydrogen-bond acceptors (Lipinski definition) is 4. The van der Waals surface area contributed by atoms with Crippen LogP contribution in [0.15, 0.2) is 24.3 Å². The standard InChI is InChI=1S/C17H23FN4O2/c18-13-1-3-14(4-2-13)21-9-11-22(12-10-21)15(23)5-8-20-16(24)17(19)6-7-17/h1-4H,5-12,19H2,(H,20,24). The highest BCUT2D eigenvalue weighted by atomic mass is 19.1. The van der Waals surface area contributed by atoms with Gasteiger partial charge in [-0.2, -0.15) is 0 Å². The lowest BCUT2D eigenvalue weighted by atomic mass is 10.2. The van der Waals surface area contributed by atoms with Gasteiger partial charge in [0, 0.05) is 44.8 Å². The number of rotatable bonds is 5. The summed E-state index contributed by atoms with van der Waals surface area (Å²) < 4.78 is 13.0. The highest BCUT2D eigenvalue weighted by Crippen LogP contribution is 2.31. The molecule has 2 fully saturated rings. The molecule has 0 aromatic heterocycles. The van der Waals surface area contributed by atoms with Gasteiger partial charge in [-0.1, -0.05) is 0 Å². The second kappa shape index (κ2) is 6.76. The number of nitrogens with two attached hydrogens (primary N) is 1. The normalized spacial score (nSPS) is 19.1. The predicted molar refractivity (Wildman–Crippen MR) is 89.0 cm³/mol. The van der Waals surface area contributed by atoms with Crippen molar-refractivity contribution in [2.45, 2.75) is 24.8 Å². The number of halogens is 1. The van der Waals surface area contributed by atoms with Crippen molar-refractivity contribution in [1.29, 1.82) is 0 Å². The van der Waals surface area contributed by atoms with E-state index in [4.69, 9.17) is 5.73 Å². The second-order valence-electron chi connectivity index (χ2n) is 6.51. The topological polar surface area (TPSA) is 78.7 Å². The fourth-order valence-corrected chi connectivity index (χ4v) is 2.84. The van der Waals surface area contributed by atoms with Crippen molar-refractivity contribution in [3.8, 4) is 0 Å². The summed E-state index contributed by atoms with van der Waals surface area (Å²) in [5.74, 6) is -0.368. The van der Waals surface area contributed by atoms with Crippen LogP contribution in [0, 0.1) is 5.82 Å². The summed E-state index contributed by atoms with van der Waals surface area (Å²) in [6.07, 6.45) is 1.73. The van der Waals surface area contributed by atoms with Crippen molar-refractivity contribution in [1.82, 2.24) is 10.2 Å². The average molecular weight is 334 g/mol. The van der Waals surface area contributed by atoms with E-state index in [0.29, 0.717) is 26.1 Å². The third-order valence-electron chi connectivity index (χ3n) is 4.69. The number of piperazine rings is 1. The average Bonchev–Trinajstić information content (AvgIpc) is 3.34. The number of nitrogens with zero attached hydrogens (tertiary/aromatic N) is 2. The molecule has 24 heavy (non-hydrogen) atoms. The fourth-order valence-electron chi connectivity index (χ4n) is 2.84. The van der Waals surface area contributed by atoms with E-state index >= 15 is 0 Å². The van der Waals surface area contributed by atoms with E-state index in [9.17, 15) is 14.0 Å². The summed E-state index contributed by atoms with van der Waals surface area (Å²) in [5.41, 5.74) is 6.07. The molecular formula is C17H23FN4O2. The number of carbonyl (C=O) groups excluding carboxylic acids is 2. The summed E-state index contributed by atoms with van der Waals surface area (Å²) in [4.78, 5) is 27.9. The van der Waals surface area contributed by atoms with Crippen LogP contribution in [-0.4, -0.2) is 55.0 Å².